The molecule has 6 nitrogen and oxygen atoms in total. The Morgan fingerprint density at radius 2 is 1.93 bits per heavy atom. The number of hydrogen-bond donors (Lipinski definition) is 2. The summed E-state index contributed by atoms with van der Waals surface area (Å²) in [6, 6.07) is 13.1. The number of rotatable bonds is 8. The van der Waals surface area contributed by atoms with Crippen LogP contribution in [-0.4, -0.2) is 28.0 Å². The van der Waals surface area contributed by atoms with E-state index in [2.05, 4.69) is 16.0 Å². The van der Waals surface area contributed by atoms with Crippen molar-refractivity contribution in [3.63, 3.8) is 0 Å². The molecule has 0 bridgehead atoms. The van der Waals surface area contributed by atoms with Crippen LogP contribution in [0.3, 0.4) is 0 Å². The normalized spacial score (nSPS) is 12.0. The Morgan fingerprint density at radius 3 is 2.52 bits per heavy atom. The third-order valence-electron chi connectivity index (χ3n) is 4.00. The van der Waals surface area contributed by atoms with Crippen molar-refractivity contribution in [3.8, 4) is 18.1 Å². The highest BCUT2D eigenvalue weighted by molar-refractivity contribution is 7.89. The third kappa shape index (κ3) is 5.33. The zero-order chi connectivity index (χ0) is 19.9. The van der Waals surface area contributed by atoms with Crippen molar-refractivity contribution in [1.29, 1.82) is 0 Å². The van der Waals surface area contributed by atoms with Crippen molar-refractivity contribution in [2.45, 2.75) is 24.3 Å². The summed E-state index contributed by atoms with van der Waals surface area (Å²) in [4.78, 5) is 12.6. The number of ether oxygens (including phenoxy) is 1. The summed E-state index contributed by atoms with van der Waals surface area (Å²) in [5, 5.41) is 2.93. The average Bonchev–Trinajstić information content (AvgIpc) is 2.70. The van der Waals surface area contributed by atoms with Crippen LogP contribution in [0.25, 0.3) is 0 Å². The lowest BCUT2D eigenvalue weighted by atomic mass is 10.0. The first-order chi connectivity index (χ1) is 12.9. The quantitative estimate of drug-likeness (QED) is 0.683. The van der Waals surface area contributed by atoms with Crippen LogP contribution >= 0.6 is 0 Å². The van der Waals surface area contributed by atoms with Gasteiger partial charge in [0.05, 0.1) is 24.6 Å². The zero-order valence-corrected chi connectivity index (χ0v) is 16.0. The van der Waals surface area contributed by atoms with Gasteiger partial charge in [0.15, 0.2) is 0 Å². The van der Waals surface area contributed by atoms with Crippen LogP contribution in [-0.2, 0) is 10.0 Å². The fourth-order valence-electron chi connectivity index (χ4n) is 2.52. The molecule has 0 fully saturated rings. The Morgan fingerprint density at radius 1 is 1.22 bits per heavy atom. The summed E-state index contributed by atoms with van der Waals surface area (Å²) in [5.74, 6) is 2.59. The summed E-state index contributed by atoms with van der Waals surface area (Å²) < 4.78 is 31.8. The molecule has 0 heterocycles. The van der Waals surface area contributed by atoms with Gasteiger partial charge in [-0.3, -0.25) is 4.79 Å². The molecule has 7 heteroatoms. The molecule has 0 saturated carbocycles. The second-order valence-electron chi connectivity index (χ2n) is 5.76. The Kier molecular flexibility index (Phi) is 6.99. The molecule has 0 aliphatic heterocycles. The zero-order valence-electron chi connectivity index (χ0n) is 15.2. The van der Waals surface area contributed by atoms with Crippen molar-refractivity contribution >= 4 is 15.9 Å². The lowest BCUT2D eigenvalue weighted by Crippen LogP contribution is -2.29. The smallest absolute Gasteiger partial charge is 0.251 e. The van der Waals surface area contributed by atoms with Crippen LogP contribution in [0.5, 0.6) is 5.75 Å². The summed E-state index contributed by atoms with van der Waals surface area (Å²) in [7, 11) is -2.17. The van der Waals surface area contributed by atoms with Crippen LogP contribution in [0.2, 0.25) is 0 Å². The van der Waals surface area contributed by atoms with Gasteiger partial charge in [0.25, 0.3) is 5.91 Å². The maximum Gasteiger partial charge on any atom is 0.251 e. The first-order valence-corrected chi connectivity index (χ1v) is 9.87. The van der Waals surface area contributed by atoms with E-state index in [0.717, 1.165) is 11.3 Å². The molecule has 1 atom stereocenters. The number of benzene rings is 2. The number of nitrogens with one attached hydrogen (secondary N) is 2. The van der Waals surface area contributed by atoms with E-state index in [0.29, 0.717) is 6.42 Å². The molecule has 0 radical (unpaired) electrons. The van der Waals surface area contributed by atoms with Crippen LogP contribution in [0.1, 0.15) is 35.3 Å². The number of amides is 1. The van der Waals surface area contributed by atoms with Gasteiger partial charge in [0, 0.05) is 5.56 Å². The van der Waals surface area contributed by atoms with E-state index in [-0.39, 0.29) is 29.0 Å². The predicted molar refractivity (Wildman–Crippen MR) is 104 cm³/mol. The summed E-state index contributed by atoms with van der Waals surface area (Å²) >= 11 is 0. The maximum absolute atomic E-state index is 12.6. The Bertz CT molecular complexity index is 931. The van der Waals surface area contributed by atoms with E-state index < -0.39 is 10.0 Å². The van der Waals surface area contributed by atoms with Gasteiger partial charge in [0.2, 0.25) is 10.0 Å². The number of terminal acetylenes is 1. The lowest BCUT2D eigenvalue weighted by Gasteiger charge is -2.18. The van der Waals surface area contributed by atoms with Crippen molar-refractivity contribution in [1.82, 2.24) is 10.0 Å². The Balaban J connectivity index is 2.19. The van der Waals surface area contributed by atoms with Crippen LogP contribution in [0.4, 0.5) is 0 Å². The molecular formula is C20H22N2O4S. The minimum atomic E-state index is -3.76. The van der Waals surface area contributed by atoms with Gasteiger partial charge in [-0.05, 0) is 42.3 Å². The molecule has 0 saturated heterocycles. The fraction of sp³-hybridized carbons (Fsp3) is 0.250. The summed E-state index contributed by atoms with van der Waals surface area (Å²) in [6.07, 6.45) is 5.77. The second kappa shape index (κ2) is 9.21. The Labute approximate surface area is 160 Å². The number of sulfonamides is 1. The van der Waals surface area contributed by atoms with Gasteiger partial charge >= 0.3 is 0 Å². The molecule has 2 rings (SSSR count). The molecule has 2 aromatic rings. The van der Waals surface area contributed by atoms with E-state index >= 15 is 0 Å². The van der Waals surface area contributed by atoms with Crippen molar-refractivity contribution in [2.24, 2.45) is 0 Å². The highest BCUT2D eigenvalue weighted by Gasteiger charge is 2.18. The van der Waals surface area contributed by atoms with E-state index in [1.807, 2.05) is 31.2 Å². The van der Waals surface area contributed by atoms with Gasteiger partial charge in [-0.25, -0.2) is 8.42 Å². The van der Waals surface area contributed by atoms with E-state index in [1.54, 1.807) is 13.2 Å². The van der Waals surface area contributed by atoms with E-state index in [1.165, 1.54) is 18.2 Å². The number of hydrogen-bond acceptors (Lipinski definition) is 4. The molecule has 2 aromatic carbocycles. The first kappa shape index (κ1) is 20.5. The highest BCUT2D eigenvalue weighted by atomic mass is 32.2. The third-order valence-corrected chi connectivity index (χ3v) is 5.40. The minimum Gasteiger partial charge on any atom is -0.497 e. The van der Waals surface area contributed by atoms with Crippen molar-refractivity contribution in [2.75, 3.05) is 13.7 Å². The number of carbonyl (C=O) groups excluding carboxylic acids is 1. The van der Waals surface area contributed by atoms with E-state index in [9.17, 15) is 13.2 Å². The molecule has 142 valence electrons. The minimum absolute atomic E-state index is 0.0112. The predicted octanol–water partition coefficient (Wildman–Crippen LogP) is 2.49. The fourth-order valence-corrected chi connectivity index (χ4v) is 3.50. The molecule has 0 aliphatic carbocycles. The van der Waals surface area contributed by atoms with Gasteiger partial charge in [0.1, 0.15) is 5.75 Å². The van der Waals surface area contributed by atoms with Gasteiger partial charge in [-0.15, -0.1) is 6.42 Å². The highest BCUT2D eigenvalue weighted by Crippen LogP contribution is 2.21. The largest absolute Gasteiger partial charge is 0.497 e. The monoisotopic (exact) mass is 386 g/mol. The molecule has 2 N–H and O–H groups in total. The summed E-state index contributed by atoms with van der Waals surface area (Å²) in [5.41, 5.74) is 1.19. The maximum atomic E-state index is 12.6. The van der Waals surface area contributed by atoms with Gasteiger partial charge < -0.3 is 10.1 Å². The second-order valence-corrected chi connectivity index (χ2v) is 7.53. The lowest BCUT2D eigenvalue weighted by molar-refractivity contribution is 0.0935. The standard InChI is InChI=1S/C20H22N2O4S/c1-4-13-21-27(24,25)18-8-6-7-16(14-18)20(23)22-19(5-2)15-9-11-17(26-3)12-10-15/h1,6-12,14,19,21H,5,13H2,2-3H3,(H,22,23). The van der Waals surface area contributed by atoms with Crippen LogP contribution in [0.15, 0.2) is 53.4 Å². The number of methoxy groups -OCH3 is 1. The van der Waals surface area contributed by atoms with Crippen molar-refractivity contribution < 1.29 is 17.9 Å². The molecule has 1 amide bonds. The van der Waals surface area contributed by atoms with Gasteiger partial charge in [-0.1, -0.05) is 31.0 Å². The average molecular weight is 386 g/mol. The topological polar surface area (TPSA) is 84.5 Å². The molecule has 0 aromatic heterocycles. The molecular weight excluding hydrogens is 364 g/mol. The molecule has 27 heavy (non-hydrogen) atoms. The molecule has 0 aliphatic rings. The molecule has 0 spiro atoms. The van der Waals surface area contributed by atoms with Crippen molar-refractivity contribution in [3.05, 3.63) is 59.7 Å². The van der Waals surface area contributed by atoms with Gasteiger partial charge in [-0.2, -0.15) is 4.72 Å². The van der Waals surface area contributed by atoms with E-state index in [4.69, 9.17) is 11.2 Å². The van der Waals surface area contributed by atoms with Crippen LogP contribution < -0.4 is 14.8 Å². The van der Waals surface area contributed by atoms with Crippen LogP contribution in [0, 0.1) is 12.3 Å². The first-order valence-electron chi connectivity index (χ1n) is 8.39. The SMILES string of the molecule is C#CCNS(=O)(=O)c1cccc(C(=O)NC(CC)c2ccc(OC)cc2)c1. The molecule has 1 unspecified atom stereocenters. The number of carbonyl (C=O) groups is 1. The Hall–Kier alpha value is -2.82. The summed E-state index contributed by atoms with van der Waals surface area (Å²) in [6.45, 7) is 1.84.